The molecule has 1 heteroatoms. The molecule has 0 bridgehead atoms. The van der Waals surface area contributed by atoms with Crippen LogP contribution in [-0.2, 0) is 6.42 Å². The van der Waals surface area contributed by atoms with Crippen molar-refractivity contribution in [3.63, 3.8) is 0 Å². The first kappa shape index (κ1) is 17.6. The van der Waals surface area contributed by atoms with E-state index in [0.717, 1.165) is 11.8 Å². The van der Waals surface area contributed by atoms with Crippen LogP contribution in [0.2, 0.25) is 0 Å². The lowest BCUT2D eigenvalue weighted by molar-refractivity contribution is 0.476. The van der Waals surface area contributed by atoms with Gasteiger partial charge >= 0.3 is 0 Å². The molecule has 0 heterocycles. The summed E-state index contributed by atoms with van der Waals surface area (Å²) in [6.45, 7) is 6.77. The van der Waals surface area contributed by atoms with Crippen molar-refractivity contribution in [2.24, 2.45) is 0 Å². The zero-order chi connectivity index (χ0) is 19.0. The molecule has 27 heavy (non-hydrogen) atoms. The van der Waals surface area contributed by atoms with Gasteiger partial charge in [0.25, 0.3) is 0 Å². The van der Waals surface area contributed by atoms with Crippen molar-refractivity contribution < 1.29 is 5.11 Å². The maximum atomic E-state index is 9.64. The van der Waals surface area contributed by atoms with Gasteiger partial charge in [0.1, 0.15) is 5.75 Å². The lowest BCUT2D eigenvalue weighted by Gasteiger charge is -2.14. The van der Waals surface area contributed by atoms with Crippen LogP contribution in [0.25, 0.3) is 21.5 Å². The Bertz CT molecular complexity index is 1110. The summed E-state index contributed by atoms with van der Waals surface area (Å²) in [6.07, 6.45) is 1.02. The second-order valence-corrected chi connectivity index (χ2v) is 7.99. The van der Waals surface area contributed by atoms with Crippen molar-refractivity contribution in [1.82, 2.24) is 0 Å². The molecule has 1 N–H and O–H groups in total. The predicted octanol–water partition coefficient (Wildman–Crippen LogP) is 7.17. The Labute approximate surface area is 161 Å². The highest BCUT2D eigenvalue weighted by atomic mass is 16.3. The van der Waals surface area contributed by atoms with E-state index in [9.17, 15) is 5.11 Å². The molecule has 4 aromatic carbocycles. The lowest BCUT2D eigenvalue weighted by Crippen LogP contribution is -1.99. The largest absolute Gasteiger partial charge is 0.508 e. The van der Waals surface area contributed by atoms with Gasteiger partial charge in [-0.25, -0.2) is 0 Å². The Morgan fingerprint density at radius 1 is 0.630 bits per heavy atom. The summed E-state index contributed by atoms with van der Waals surface area (Å²) in [5, 5.41) is 14.5. The maximum Gasteiger partial charge on any atom is 0.116 e. The quantitative estimate of drug-likeness (QED) is 0.412. The third kappa shape index (κ3) is 3.68. The number of phenolic OH excluding ortho intramolecular Hbond substituents is 1. The first-order valence-corrected chi connectivity index (χ1v) is 9.75. The van der Waals surface area contributed by atoms with Gasteiger partial charge in [0, 0.05) is 0 Å². The van der Waals surface area contributed by atoms with Gasteiger partial charge in [-0.2, -0.15) is 0 Å². The van der Waals surface area contributed by atoms with Crippen LogP contribution < -0.4 is 0 Å². The number of aromatic hydroxyl groups is 1. The maximum absolute atomic E-state index is 9.64. The van der Waals surface area contributed by atoms with Crippen LogP contribution in [0.5, 0.6) is 5.75 Å². The summed E-state index contributed by atoms with van der Waals surface area (Å²) in [5.74, 6) is 1.31. The minimum Gasteiger partial charge on any atom is -0.508 e. The van der Waals surface area contributed by atoms with E-state index in [0.29, 0.717) is 17.6 Å². The molecule has 0 radical (unpaired) electrons. The van der Waals surface area contributed by atoms with Gasteiger partial charge in [-0.1, -0.05) is 81.4 Å². The van der Waals surface area contributed by atoms with Crippen LogP contribution in [-0.4, -0.2) is 5.11 Å². The van der Waals surface area contributed by atoms with E-state index in [1.54, 1.807) is 6.07 Å². The molecule has 0 aliphatic carbocycles. The van der Waals surface area contributed by atoms with Crippen molar-refractivity contribution in [3.8, 4) is 5.75 Å². The molecular weight excluding hydrogens is 328 g/mol. The van der Waals surface area contributed by atoms with E-state index in [1.807, 2.05) is 12.1 Å². The second kappa shape index (κ2) is 7.08. The van der Waals surface area contributed by atoms with Crippen molar-refractivity contribution in [2.75, 3.05) is 0 Å². The molecular formula is C26H26O. The Hall–Kier alpha value is -2.80. The molecule has 0 spiro atoms. The highest BCUT2D eigenvalue weighted by Crippen LogP contribution is 2.28. The summed E-state index contributed by atoms with van der Waals surface area (Å²) < 4.78 is 0. The van der Waals surface area contributed by atoms with Crippen LogP contribution >= 0.6 is 0 Å². The Morgan fingerprint density at radius 2 is 1.26 bits per heavy atom. The zero-order valence-electron chi connectivity index (χ0n) is 16.2. The first-order valence-electron chi connectivity index (χ1n) is 9.75. The molecule has 4 aromatic rings. The highest BCUT2D eigenvalue weighted by Gasteiger charge is 2.09. The van der Waals surface area contributed by atoms with Crippen LogP contribution in [0.15, 0.2) is 72.8 Å². The third-order valence-corrected chi connectivity index (χ3v) is 5.55. The van der Waals surface area contributed by atoms with E-state index in [4.69, 9.17) is 0 Å². The van der Waals surface area contributed by atoms with E-state index < -0.39 is 0 Å². The number of benzene rings is 4. The molecule has 0 aliphatic rings. The Morgan fingerprint density at radius 3 is 2.07 bits per heavy atom. The molecule has 0 fully saturated rings. The summed E-state index contributed by atoms with van der Waals surface area (Å²) in [5.41, 5.74) is 4.11. The van der Waals surface area contributed by atoms with Crippen LogP contribution in [0, 0.1) is 0 Å². The molecule has 1 atom stereocenters. The van der Waals surface area contributed by atoms with Crippen molar-refractivity contribution in [2.45, 2.75) is 39.0 Å². The van der Waals surface area contributed by atoms with Crippen molar-refractivity contribution >= 4 is 21.5 Å². The second-order valence-electron chi connectivity index (χ2n) is 7.99. The minimum absolute atomic E-state index is 0.320. The van der Waals surface area contributed by atoms with Gasteiger partial charge in [-0.15, -0.1) is 0 Å². The fourth-order valence-corrected chi connectivity index (χ4v) is 3.83. The lowest BCUT2D eigenvalue weighted by atomic mass is 9.90. The molecule has 0 saturated carbocycles. The fourth-order valence-electron chi connectivity index (χ4n) is 3.83. The molecule has 1 unspecified atom stereocenters. The van der Waals surface area contributed by atoms with Crippen LogP contribution in [0.3, 0.4) is 0 Å². The molecule has 1 nitrogen and oxygen atoms in total. The molecule has 0 aliphatic heterocycles. The van der Waals surface area contributed by atoms with Gasteiger partial charge in [-0.05, 0) is 68.6 Å². The van der Waals surface area contributed by atoms with Gasteiger partial charge in [0.2, 0.25) is 0 Å². The van der Waals surface area contributed by atoms with E-state index >= 15 is 0 Å². The van der Waals surface area contributed by atoms with Crippen molar-refractivity contribution in [3.05, 3.63) is 89.5 Å². The number of fused-ring (bicyclic) bond motifs is 2. The topological polar surface area (TPSA) is 20.2 Å². The first-order chi connectivity index (χ1) is 13.0. The summed E-state index contributed by atoms with van der Waals surface area (Å²) in [4.78, 5) is 0. The summed E-state index contributed by atoms with van der Waals surface area (Å²) in [7, 11) is 0. The Kier molecular flexibility index (Phi) is 4.61. The number of hydrogen-bond donors (Lipinski definition) is 1. The minimum atomic E-state index is 0.320. The van der Waals surface area contributed by atoms with E-state index in [2.05, 4.69) is 75.4 Å². The molecule has 0 aromatic heterocycles. The van der Waals surface area contributed by atoms with Gasteiger partial charge in [-0.3, -0.25) is 0 Å². The molecule has 0 saturated heterocycles. The van der Waals surface area contributed by atoms with Gasteiger partial charge in [0.15, 0.2) is 0 Å². The smallest absolute Gasteiger partial charge is 0.116 e. The van der Waals surface area contributed by atoms with Crippen LogP contribution in [0.4, 0.5) is 0 Å². The number of rotatable bonds is 4. The fraction of sp³-hybridized carbons (Fsp3) is 0.231. The summed E-state index contributed by atoms with van der Waals surface area (Å²) >= 11 is 0. The van der Waals surface area contributed by atoms with Crippen LogP contribution in [0.1, 0.15) is 49.3 Å². The average Bonchev–Trinajstić information content (AvgIpc) is 2.66. The number of phenols is 1. The van der Waals surface area contributed by atoms with Gasteiger partial charge in [0.05, 0.1) is 0 Å². The van der Waals surface area contributed by atoms with Crippen molar-refractivity contribution in [1.29, 1.82) is 0 Å². The SMILES string of the molecule is CC(C)c1ccc2ccc(CC(C)c3ccc4cc(O)ccc4c3)cc2c1. The molecule has 0 amide bonds. The zero-order valence-corrected chi connectivity index (χ0v) is 16.2. The normalized spacial score (nSPS) is 12.7. The molecule has 4 rings (SSSR count). The summed E-state index contributed by atoms with van der Waals surface area (Å²) in [6, 6.07) is 25.7. The number of hydrogen-bond acceptors (Lipinski definition) is 1. The monoisotopic (exact) mass is 354 g/mol. The van der Waals surface area contributed by atoms with Gasteiger partial charge < -0.3 is 5.11 Å². The standard InChI is InChI=1S/C26H26O/c1-17(2)21-7-6-20-5-4-19(13-25(20)14-21)12-18(3)22-8-9-24-16-26(27)11-10-23(24)15-22/h4-11,13-18,27H,12H2,1-3H3. The van der Waals surface area contributed by atoms with E-state index in [-0.39, 0.29) is 0 Å². The highest BCUT2D eigenvalue weighted by molar-refractivity contribution is 5.85. The predicted molar refractivity (Wildman–Crippen MR) is 116 cm³/mol. The Balaban J connectivity index is 1.61. The van der Waals surface area contributed by atoms with E-state index in [1.165, 1.54) is 32.8 Å². The average molecular weight is 354 g/mol. The molecule has 136 valence electrons. The third-order valence-electron chi connectivity index (χ3n) is 5.55.